The van der Waals surface area contributed by atoms with E-state index in [9.17, 15) is 4.79 Å². The fraction of sp³-hybridized carbons (Fsp3) is 0.611. The van der Waals surface area contributed by atoms with Crippen LogP contribution in [0.25, 0.3) is 0 Å². The number of hydrogen-bond acceptors (Lipinski definition) is 3. The minimum Gasteiger partial charge on any atom is -0.379 e. The highest BCUT2D eigenvalue weighted by Gasteiger charge is 2.13. The minimum atomic E-state index is -0.143. The average molecular weight is 319 g/mol. The van der Waals surface area contributed by atoms with Crippen LogP contribution in [0.5, 0.6) is 0 Å². The lowest BCUT2D eigenvalue weighted by Gasteiger charge is -2.26. The van der Waals surface area contributed by atoms with E-state index >= 15 is 0 Å². The number of carbonyl (C=O) groups is 1. The van der Waals surface area contributed by atoms with Gasteiger partial charge in [-0.1, -0.05) is 32.9 Å². The van der Waals surface area contributed by atoms with Crippen molar-refractivity contribution in [2.45, 2.75) is 32.6 Å². The van der Waals surface area contributed by atoms with Crippen LogP contribution in [0, 0.1) is 0 Å². The number of rotatable bonds is 5. The second-order valence-electron chi connectivity index (χ2n) is 7.02. The smallest absolute Gasteiger partial charge is 0.319 e. The molecule has 0 aromatic heterocycles. The number of anilines is 1. The molecule has 1 saturated heterocycles. The Labute approximate surface area is 139 Å². The standard InChI is InChI=1S/C18H29N3O2/c1-18(2,3)15-5-7-16(8-6-15)20-17(22)19-9-4-10-21-11-13-23-14-12-21/h5-8H,4,9-14H2,1-3H3,(H2,19,20,22). The Hall–Kier alpha value is -1.59. The maximum atomic E-state index is 11.9. The monoisotopic (exact) mass is 319 g/mol. The summed E-state index contributed by atoms with van der Waals surface area (Å²) in [5.41, 5.74) is 2.21. The van der Waals surface area contributed by atoms with Gasteiger partial charge in [0, 0.05) is 25.3 Å². The molecular weight excluding hydrogens is 290 g/mol. The first kappa shape index (κ1) is 17.8. The van der Waals surface area contributed by atoms with Gasteiger partial charge in [-0.25, -0.2) is 4.79 Å². The second-order valence-corrected chi connectivity index (χ2v) is 7.02. The number of nitrogens with one attached hydrogen (secondary N) is 2. The topological polar surface area (TPSA) is 53.6 Å². The summed E-state index contributed by atoms with van der Waals surface area (Å²) in [4.78, 5) is 14.3. The SMILES string of the molecule is CC(C)(C)c1ccc(NC(=O)NCCCN2CCOCC2)cc1. The van der Waals surface area contributed by atoms with Crippen LogP contribution in [-0.2, 0) is 10.2 Å². The van der Waals surface area contributed by atoms with E-state index in [1.165, 1.54) is 5.56 Å². The van der Waals surface area contributed by atoms with Gasteiger partial charge in [0.2, 0.25) is 0 Å². The highest BCUT2D eigenvalue weighted by atomic mass is 16.5. The summed E-state index contributed by atoms with van der Waals surface area (Å²) in [6, 6.07) is 7.89. The molecule has 0 bridgehead atoms. The second kappa shape index (κ2) is 8.31. The summed E-state index contributed by atoms with van der Waals surface area (Å²) in [6.07, 6.45) is 0.955. The maximum Gasteiger partial charge on any atom is 0.319 e. The largest absolute Gasteiger partial charge is 0.379 e. The fourth-order valence-electron chi connectivity index (χ4n) is 2.56. The van der Waals surface area contributed by atoms with Crippen molar-refractivity contribution in [3.8, 4) is 0 Å². The molecule has 128 valence electrons. The van der Waals surface area contributed by atoms with Gasteiger partial charge in [0.25, 0.3) is 0 Å². The zero-order valence-electron chi connectivity index (χ0n) is 14.5. The number of amides is 2. The van der Waals surface area contributed by atoms with Crippen LogP contribution in [-0.4, -0.2) is 50.3 Å². The quantitative estimate of drug-likeness (QED) is 0.821. The normalized spacial score (nSPS) is 16.1. The van der Waals surface area contributed by atoms with Crippen molar-refractivity contribution in [2.24, 2.45) is 0 Å². The average Bonchev–Trinajstić information content (AvgIpc) is 2.52. The third kappa shape index (κ3) is 6.20. The number of morpholine rings is 1. The number of urea groups is 1. The predicted molar refractivity (Wildman–Crippen MR) is 94.0 cm³/mol. The van der Waals surface area contributed by atoms with E-state index in [0.717, 1.165) is 45.0 Å². The Balaban J connectivity index is 1.66. The molecule has 2 rings (SSSR count). The lowest BCUT2D eigenvalue weighted by Crippen LogP contribution is -2.38. The van der Waals surface area contributed by atoms with E-state index < -0.39 is 0 Å². The number of carbonyl (C=O) groups excluding carboxylic acids is 1. The van der Waals surface area contributed by atoms with Crippen molar-refractivity contribution in [3.63, 3.8) is 0 Å². The van der Waals surface area contributed by atoms with Gasteiger partial charge in [-0.2, -0.15) is 0 Å². The Morgan fingerprint density at radius 3 is 2.43 bits per heavy atom. The summed E-state index contributed by atoms with van der Waals surface area (Å²) < 4.78 is 5.32. The molecule has 0 unspecified atom stereocenters. The molecule has 1 fully saturated rings. The van der Waals surface area contributed by atoms with Gasteiger partial charge in [0.15, 0.2) is 0 Å². The summed E-state index contributed by atoms with van der Waals surface area (Å²) in [5.74, 6) is 0. The van der Waals surface area contributed by atoms with Crippen molar-refractivity contribution in [1.82, 2.24) is 10.2 Å². The van der Waals surface area contributed by atoms with E-state index in [1.807, 2.05) is 12.1 Å². The summed E-state index contributed by atoms with van der Waals surface area (Å²) in [7, 11) is 0. The number of ether oxygens (including phenoxy) is 1. The third-order valence-electron chi connectivity index (χ3n) is 4.05. The molecule has 1 aromatic carbocycles. The van der Waals surface area contributed by atoms with Crippen LogP contribution in [0.2, 0.25) is 0 Å². The van der Waals surface area contributed by atoms with Gasteiger partial charge < -0.3 is 15.4 Å². The molecule has 2 amide bonds. The highest BCUT2D eigenvalue weighted by molar-refractivity contribution is 5.89. The van der Waals surface area contributed by atoms with Crippen LogP contribution in [0.3, 0.4) is 0 Å². The Morgan fingerprint density at radius 1 is 1.17 bits per heavy atom. The first-order chi connectivity index (χ1) is 10.9. The number of hydrogen-bond donors (Lipinski definition) is 2. The molecule has 5 heteroatoms. The number of nitrogens with zero attached hydrogens (tertiary/aromatic N) is 1. The summed E-state index contributed by atoms with van der Waals surface area (Å²) in [5, 5.41) is 5.78. The van der Waals surface area contributed by atoms with E-state index in [1.54, 1.807) is 0 Å². The molecule has 0 aliphatic carbocycles. The summed E-state index contributed by atoms with van der Waals surface area (Å²) in [6.45, 7) is 11.8. The van der Waals surface area contributed by atoms with Crippen LogP contribution >= 0.6 is 0 Å². The minimum absolute atomic E-state index is 0.125. The van der Waals surface area contributed by atoms with Gasteiger partial charge in [0.1, 0.15) is 0 Å². The van der Waals surface area contributed by atoms with E-state index in [0.29, 0.717) is 6.54 Å². The van der Waals surface area contributed by atoms with Gasteiger partial charge in [0.05, 0.1) is 13.2 Å². The first-order valence-electron chi connectivity index (χ1n) is 8.41. The van der Waals surface area contributed by atoms with Crippen LogP contribution in [0.1, 0.15) is 32.8 Å². The molecule has 0 saturated carbocycles. The van der Waals surface area contributed by atoms with Crippen molar-refractivity contribution >= 4 is 11.7 Å². The molecule has 1 aliphatic rings. The Bertz CT molecular complexity index is 488. The lowest BCUT2D eigenvalue weighted by atomic mass is 9.87. The molecule has 0 spiro atoms. The van der Waals surface area contributed by atoms with Gasteiger partial charge >= 0.3 is 6.03 Å². The van der Waals surface area contributed by atoms with E-state index in [-0.39, 0.29) is 11.4 Å². The molecule has 5 nitrogen and oxygen atoms in total. The Kier molecular flexibility index (Phi) is 6.42. The zero-order valence-corrected chi connectivity index (χ0v) is 14.5. The molecule has 2 N–H and O–H groups in total. The zero-order chi connectivity index (χ0) is 16.7. The molecule has 23 heavy (non-hydrogen) atoms. The van der Waals surface area contributed by atoms with Crippen molar-refractivity contribution in [3.05, 3.63) is 29.8 Å². The van der Waals surface area contributed by atoms with Crippen LogP contribution in [0.15, 0.2) is 24.3 Å². The lowest BCUT2D eigenvalue weighted by molar-refractivity contribution is 0.0375. The van der Waals surface area contributed by atoms with Gasteiger partial charge in [-0.3, -0.25) is 4.90 Å². The Morgan fingerprint density at radius 2 is 1.83 bits per heavy atom. The highest BCUT2D eigenvalue weighted by Crippen LogP contribution is 2.23. The third-order valence-corrected chi connectivity index (χ3v) is 4.05. The molecule has 0 atom stereocenters. The van der Waals surface area contributed by atoms with E-state index in [4.69, 9.17) is 4.74 Å². The fourth-order valence-corrected chi connectivity index (χ4v) is 2.56. The van der Waals surface area contributed by atoms with Gasteiger partial charge in [-0.15, -0.1) is 0 Å². The van der Waals surface area contributed by atoms with Gasteiger partial charge in [-0.05, 0) is 36.1 Å². The van der Waals surface area contributed by atoms with Crippen molar-refractivity contribution < 1.29 is 9.53 Å². The van der Waals surface area contributed by atoms with E-state index in [2.05, 4.69) is 48.4 Å². The molecule has 1 heterocycles. The molecule has 1 aliphatic heterocycles. The maximum absolute atomic E-state index is 11.9. The molecule has 1 aromatic rings. The van der Waals surface area contributed by atoms with Crippen LogP contribution < -0.4 is 10.6 Å². The molecular formula is C18H29N3O2. The molecule has 0 radical (unpaired) electrons. The number of benzene rings is 1. The first-order valence-corrected chi connectivity index (χ1v) is 8.41. The summed E-state index contributed by atoms with van der Waals surface area (Å²) >= 11 is 0. The van der Waals surface area contributed by atoms with Crippen molar-refractivity contribution in [2.75, 3.05) is 44.7 Å². The van der Waals surface area contributed by atoms with Crippen molar-refractivity contribution in [1.29, 1.82) is 0 Å². The predicted octanol–water partition coefficient (Wildman–Crippen LogP) is 2.83. The van der Waals surface area contributed by atoms with Crippen LogP contribution in [0.4, 0.5) is 10.5 Å².